The van der Waals surface area contributed by atoms with Gasteiger partial charge in [-0.15, -0.1) is 0 Å². The summed E-state index contributed by atoms with van der Waals surface area (Å²) >= 11 is 0. The predicted octanol–water partition coefficient (Wildman–Crippen LogP) is 2.13. The molecule has 2 N–H and O–H groups in total. The molecule has 1 fully saturated rings. The van der Waals surface area contributed by atoms with Gasteiger partial charge in [0.05, 0.1) is 6.04 Å². The first-order valence-corrected chi connectivity index (χ1v) is 6.45. The Morgan fingerprint density at radius 3 is 2.25 bits per heavy atom. The fourth-order valence-corrected chi connectivity index (χ4v) is 3.14. The van der Waals surface area contributed by atoms with Gasteiger partial charge >= 0.3 is 0 Å². The molecule has 3 nitrogen and oxygen atoms in total. The van der Waals surface area contributed by atoms with E-state index in [4.69, 9.17) is 0 Å². The highest BCUT2D eigenvalue weighted by molar-refractivity contribution is 5.81. The Morgan fingerprint density at radius 1 is 1.25 bits per heavy atom. The first-order chi connectivity index (χ1) is 7.52. The van der Waals surface area contributed by atoms with Crippen LogP contribution in [-0.2, 0) is 4.79 Å². The highest BCUT2D eigenvalue weighted by Gasteiger charge is 2.27. The maximum Gasteiger partial charge on any atom is 0.148 e. The highest BCUT2D eigenvalue weighted by Crippen LogP contribution is 2.35. The first kappa shape index (κ1) is 13.7. The van der Waals surface area contributed by atoms with Gasteiger partial charge in [0.2, 0.25) is 0 Å². The van der Waals surface area contributed by atoms with Crippen LogP contribution in [0, 0.1) is 17.8 Å². The van der Waals surface area contributed by atoms with Crippen molar-refractivity contribution in [3.63, 3.8) is 0 Å². The van der Waals surface area contributed by atoms with Gasteiger partial charge in [0, 0.05) is 0 Å². The standard InChI is InChI=1S/C13H26N2O/c1-9-5-10(2)7-12(6-9)8-13(11(3)16)15-14-4/h9-10,12-15H,5-8H2,1-4H3. The van der Waals surface area contributed by atoms with Gasteiger partial charge in [-0.25, -0.2) is 5.43 Å². The van der Waals surface area contributed by atoms with E-state index in [-0.39, 0.29) is 11.8 Å². The maximum absolute atomic E-state index is 11.5. The van der Waals surface area contributed by atoms with E-state index in [1.807, 2.05) is 7.05 Å². The minimum Gasteiger partial charge on any atom is -0.298 e. The third kappa shape index (κ3) is 4.22. The van der Waals surface area contributed by atoms with Crippen molar-refractivity contribution in [2.75, 3.05) is 7.05 Å². The number of carbonyl (C=O) groups excluding carboxylic acids is 1. The van der Waals surface area contributed by atoms with Crippen LogP contribution in [0.4, 0.5) is 0 Å². The summed E-state index contributed by atoms with van der Waals surface area (Å²) in [5.74, 6) is 2.57. The van der Waals surface area contributed by atoms with Crippen molar-refractivity contribution in [1.82, 2.24) is 10.9 Å². The lowest BCUT2D eigenvalue weighted by Crippen LogP contribution is -2.44. The average molecular weight is 226 g/mol. The maximum atomic E-state index is 11.5. The highest BCUT2D eigenvalue weighted by atomic mass is 16.1. The number of ketones is 1. The zero-order valence-electron chi connectivity index (χ0n) is 11.0. The number of rotatable bonds is 5. The molecule has 16 heavy (non-hydrogen) atoms. The van der Waals surface area contributed by atoms with E-state index in [9.17, 15) is 4.79 Å². The molecule has 0 aromatic heterocycles. The number of hydrazine groups is 1. The van der Waals surface area contributed by atoms with Crippen LogP contribution in [0.1, 0.15) is 46.5 Å². The van der Waals surface area contributed by atoms with E-state index in [1.54, 1.807) is 6.92 Å². The Balaban J connectivity index is 2.47. The van der Waals surface area contributed by atoms with Crippen molar-refractivity contribution in [1.29, 1.82) is 0 Å². The summed E-state index contributed by atoms with van der Waals surface area (Å²) in [5.41, 5.74) is 5.95. The van der Waals surface area contributed by atoms with Crippen LogP contribution in [-0.4, -0.2) is 18.9 Å². The van der Waals surface area contributed by atoms with Crippen molar-refractivity contribution in [2.45, 2.75) is 52.5 Å². The number of nitrogens with one attached hydrogen (secondary N) is 2. The molecule has 0 spiro atoms. The molecule has 0 heterocycles. The Bertz CT molecular complexity index is 220. The Morgan fingerprint density at radius 2 is 1.81 bits per heavy atom. The van der Waals surface area contributed by atoms with Crippen molar-refractivity contribution < 1.29 is 4.79 Å². The molecule has 0 radical (unpaired) electrons. The molecule has 0 aliphatic heterocycles. The van der Waals surface area contributed by atoms with Crippen LogP contribution >= 0.6 is 0 Å². The van der Waals surface area contributed by atoms with Crippen LogP contribution in [0.25, 0.3) is 0 Å². The molecule has 1 saturated carbocycles. The lowest BCUT2D eigenvalue weighted by atomic mass is 9.74. The zero-order chi connectivity index (χ0) is 12.1. The molecule has 0 amide bonds. The SMILES string of the molecule is CNNC(CC1CC(C)CC(C)C1)C(C)=O. The molecule has 3 heteroatoms. The van der Waals surface area contributed by atoms with Gasteiger partial charge in [0.25, 0.3) is 0 Å². The fraction of sp³-hybridized carbons (Fsp3) is 0.923. The van der Waals surface area contributed by atoms with Gasteiger partial charge in [-0.2, -0.15) is 0 Å². The molecule has 0 aromatic rings. The van der Waals surface area contributed by atoms with Gasteiger partial charge < -0.3 is 0 Å². The summed E-state index contributed by atoms with van der Waals surface area (Å²) in [7, 11) is 1.82. The monoisotopic (exact) mass is 226 g/mol. The summed E-state index contributed by atoms with van der Waals surface area (Å²) in [6, 6.07) is -0.0208. The van der Waals surface area contributed by atoms with Gasteiger partial charge in [-0.05, 0) is 57.4 Å². The molecule has 94 valence electrons. The summed E-state index contributed by atoms with van der Waals surface area (Å²) < 4.78 is 0. The number of carbonyl (C=O) groups is 1. The quantitative estimate of drug-likeness (QED) is 0.706. The second-order valence-corrected chi connectivity index (χ2v) is 5.58. The molecule has 1 rings (SSSR count). The van der Waals surface area contributed by atoms with E-state index in [0.29, 0.717) is 5.92 Å². The molecule has 1 aliphatic rings. The molecule has 0 saturated heterocycles. The summed E-state index contributed by atoms with van der Waals surface area (Å²) in [5, 5.41) is 0. The van der Waals surface area contributed by atoms with Gasteiger partial charge in [0.15, 0.2) is 0 Å². The number of hydrogen-bond donors (Lipinski definition) is 2. The van der Waals surface area contributed by atoms with Gasteiger partial charge in [0.1, 0.15) is 5.78 Å². The molecule has 0 aromatic carbocycles. The van der Waals surface area contributed by atoms with Crippen LogP contribution < -0.4 is 10.9 Å². The van der Waals surface area contributed by atoms with Crippen LogP contribution in [0.3, 0.4) is 0 Å². The Labute approximate surface area is 99.3 Å². The van der Waals surface area contributed by atoms with E-state index in [1.165, 1.54) is 19.3 Å². The van der Waals surface area contributed by atoms with Crippen LogP contribution in [0.15, 0.2) is 0 Å². The lowest BCUT2D eigenvalue weighted by molar-refractivity contribution is -0.119. The van der Waals surface area contributed by atoms with E-state index < -0.39 is 0 Å². The van der Waals surface area contributed by atoms with Crippen LogP contribution in [0.5, 0.6) is 0 Å². The summed E-state index contributed by atoms with van der Waals surface area (Å²) in [6.45, 7) is 6.33. The van der Waals surface area contributed by atoms with E-state index in [0.717, 1.165) is 18.3 Å². The van der Waals surface area contributed by atoms with E-state index in [2.05, 4.69) is 24.7 Å². The molecular formula is C13H26N2O. The Kier molecular flexibility index (Phi) is 5.42. The molecule has 0 bridgehead atoms. The largest absolute Gasteiger partial charge is 0.298 e. The van der Waals surface area contributed by atoms with Crippen LogP contribution in [0.2, 0.25) is 0 Å². The molecule has 3 unspecified atom stereocenters. The average Bonchev–Trinajstić information content (AvgIpc) is 2.15. The third-order valence-corrected chi connectivity index (χ3v) is 3.65. The lowest BCUT2D eigenvalue weighted by Gasteiger charge is -2.33. The summed E-state index contributed by atoms with van der Waals surface area (Å²) in [6.07, 6.45) is 4.88. The molecule has 3 atom stereocenters. The second kappa shape index (κ2) is 6.36. The van der Waals surface area contributed by atoms with Crippen molar-refractivity contribution >= 4 is 5.78 Å². The third-order valence-electron chi connectivity index (χ3n) is 3.65. The Hall–Kier alpha value is -0.410. The zero-order valence-corrected chi connectivity index (χ0v) is 11.0. The minimum atomic E-state index is -0.0208. The number of hydrogen-bond acceptors (Lipinski definition) is 3. The van der Waals surface area contributed by atoms with Crippen molar-refractivity contribution in [3.05, 3.63) is 0 Å². The molecular weight excluding hydrogens is 200 g/mol. The predicted molar refractivity (Wildman–Crippen MR) is 67.0 cm³/mol. The second-order valence-electron chi connectivity index (χ2n) is 5.58. The smallest absolute Gasteiger partial charge is 0.148 e. The molecule has 1 aliphatic carbocycles. The van der Waals surface area contributed by atoms with E-state index >= 15 is 0 Å². The topological polar surface area (TPSA) is 41.1 Å². The fourth-order valence-electron chi connectivity index (χ4n) is 3.14. The van der Waals surface area contributed by atoms with Gasteiger partial charge in [-0.1, -0.05) is 13.8 Å². The first-order valence-electron chi connectivity index (χ1n) is 6.45. The number of Topliss-reactive ketones (excluding diaryl/α,β-unsaturated/α-hetero) is 1. The van der Waals surface area contributed by atoms with Crippen molar-refractivity contribution in [2.24, 2.45) is 17.8 Å². The normalized spacial score (nSPS) is 32.4. The van der Waals surface area contributed by atoms with Crippen molar-refractivity contribution in [3.8, 4) is 0 Å². The summed E-state index contributed by atoms with van der Waals surface area (Å²) in [4.78, 5) is 11.5. The van der Waals surface area contributed by atoms with Gasteiger partial charge in [-0.3, -0.25) is 10.2 Å². The minimum absolute atomic E-state index is 0.0208.